The molecule has 0 aliphatic carbocycles. The van der Waals surface area contributed by atoms with E-state index in [4.69, 9.17) is 0 Å². The lowest BCUT2D eigenvalue weighted by atomic mass is 10.1. The summed E-state index contributed by atoms with van der Waals surface area (Å²) < 4.78 is 67.1. The van der Waals surface area contributed by atoms with E-state index in [0.29, 0.717) is 0 Å². The predicted molar refractivity (Wildman–Crippen MR) is 53.0 cm³/mol. The molecular weight excluding hydrogens is 277 g/mol. The fraction of sp³-hybridized carbons (Fsp3) is 0.400. The van der Waals surface area contributed by atoms with Crippen molar-refractivity contribution in [1.82, 2.24) is 4.98 Å². The molecule has 106 valence electrons. The number of esters is 1. The highest BCUT2D eigenvalue weighted by atomic mass is 19.4. The van der Waals surface area contributed by atoms with Gasteiger partial charge in [-0.1, -0.05) is 0 Å². The summed E-state index contributed by atoms with van der Waals surface area (Å²) in [6, 6.07) is 0.140. The minimum Gasteiger partial charge on any atom is -0.461 e. The monoisotopic (exact) mass is 285 g/mol. The molecule has 1 heterocycles. The number of carbonyl (C=O) groups is 1. The van der Waals surface area contributed by atoms with Crippen LogP contribution in [0.1, 0.15) is 35.0 Å². The van der Waals surface area contributed by atoms with Gasteiger partial charge in [0.05, 0.1) is 17.7 Å². The number of pyridine rings is 1. The van der Waals surface area contributed by atoms with Crippen LogP contribution < -0.4 is 5.56 Å². The largest absolute Gasteiger partial charge is 0.461 e. The molecule has 0 fully saturated rings. The van der Waals surface area contributed by atoms with Gasteiger partial charge in [-0.15, -0.1) is 0 Å². The predicted octanol–water partition coefficient (Wildman–Crippen LogP) is 2.51. The van der Waals surface area contributed by atoms with Crippen LogP contribution in [0, 0.1) is 0 Å². The number of hydrogen-bond donors (Lipinski definition) is 1. The first kappa shape index (κ1) is 15.1. The van der Waals surface area contributed by atoms with E-state index in [1.807, 2.05) is 0 Å². The normalized spacial score (nSPS) is 11.7. The number of rotatable bonds is 3. The number of nitrogens with one attached hydrogen (secondary N) is 1. The van der Waals surface area contributed by atoms with Gasteiger partial charge in [-0.3, -0.25) is 4.79 Å². The fourth-order valence-corrected chi connectivity index (χ4v) is 1.34. The number of aromatic nitrogens is 1. The molecular formula is C10H8F5NO3. The molecule has 0 saturated carbocycles. The zero-order valence-corrected chi connectivity index (χ0v) is 9.48. The first-order chi connectivity index (χ1) is 8.68. The van der Waals surface area contributed by atoms with E-state index in [-0.39, 0.29) is 12.7 Å². The summed E-state index contributed by atoms with van der Waals surface area (Å²) in [4.78, 5) is 24.1. The number of ether oxygens (including phenoxy) is 1. The van der Waals surface area contributed by atoms with Gasteiger partial charge in [0.15, 0.2) is 0 Å². The van der Waals surface area contributed by atoms with Crippen molar-refractivity contribution in [2.45, 2.75) is 19.5 Å². The zero-order chi connectivity index (χ0) is 14.8. The topological polar surface area (TPSA) is 59.2 Å². The van der Waals surface area contributed by atoms with Gasteiger partial charge in [0.1, 0.15) is 5.69 Å². The SMILES string of the molecule is CCOC(=O)c1cc(C(F)(F)F)c(C(F)F)c(=O)[nH]1. The Labute approximate surface area is 103 Å². The van der Waals surface area contributed by atoms with Crippen LogP contribution in [-0.4, -0.2) is 17.6 Å². The number of carbonyl (C=O) groups excluding carboxylic acids is 1. The van der Waals surface area contributed by atoms with E-state index in [9.17, 15) is 31.5 Å². The Balaban J connectivity index is 3.49. The molecule has 4 nitrogen and oxygen atoms in total. The average Bonchev–Trinajstić information content (AvgIpc) is 2.26. The molecule has 0 aliphatic rings. The highest BCUT2D eigenvalue weighted by Crippen LogP contribution is 2.34. The standard InChI is InChI=1S/C10H8F5NO3/c1-2-19-9(18)5-3-4(10(13,14)15)6(7(11)12)8(17)16-5/h3,7H,2H2,1H3,(H,16,17). The summed E-state index contributed by atoms with van der Waals surface area (Å²) in [5.41, 5.74) is -6.08. The molecule has 19 heavy (non-hydrogen) atoms. The number of halogens is 5. The molecule has 0 aromatic carbocycles. The second-order valence-corrected chi connectivity index (χ2v) is 3.36. The van der Waals surface area contributed by atoms with Gasteiger partial charge >= 0.3 is 12.1 Å². The highest BCUT2D eigenvalue weighted by molar-refractivity contribution is 5.87. The van der Waals surface area contributed by atoms with E-state index in [0.717, 1.165) is 0 Å². The van der Waals surface area contributed by atoms with Crippen LogP contribution in [-0.2, 0) is 10.9 Å². The molecule has 0 unspecified atom stereocenters. The lowest BCUT2D eigenvalue weighted by molar-refractivity contribution is -0.139. The fourth-order valence-electron chi connectivity index (χ4n) is 1.34. The van der Waals surface area contributed by atoms with Crippen LogP contribution in [0.4, 0.5) is 22.0 Å². The molecule has 0 bridgehead atoms. The molecule has 0 aliphatic heterocycles. The minimum absolute atomic E-state index is 0.140. The Morgan fingerprint density at radius 1 is 1.42 bits per heavy atom. The van der Waals surface area contributed by atoms with Gasteiger partial charge in [0, 0.05) is 0 Å². The molecule has 9 heteroatoms. The molecule has 1 N–H and O–H groups in total. The summed E-state index contributed by atoms with van der Waals surface area (Å²) in [6.07, 6.45) is -8.79. The Kier molecular flexibility index (Phi) is 4.28. The van der Waals surface area contributed by atoms with Crippen LogP contribution in [0.2, 0.25) is 0 Å². The molecule has 1 aromatic heterocycles. The van der Waals surface area contributed by atoms with Gasteiger partial charge in [-0.05, 0) is 13.0 Å². The van der Waals surface area contributed by atoms with Gasteiger partial charge in [0.2, 0.25) is 0 Å². The van der Waals surface area contributed by atoms with E-state index in [1.54, 1.807) is 4.98 Å². The first-order valence-corrected chi connectivity index (χ1v) is 4.98. The quantitative estimate of drug-likeness (QED) is 0.685. The van der Waals surface area contributed by atoms with Gasteiger partial charge < -0.3 is 9.72 Å². The van der Waals surface area contributed by atoms with Crippen LogP contribution in [0.5, 0.6) is 0 Å². The summed E-state index contributed by atoms with van der Waals surface area (Å²) in [6.45, 7) is 1.26. The van der Waals surface area contributed by atoms with Gasteiger partial charge in [-0.25, -0.2) is 13.6 Å². The molecule has 0 radical (unpaired) electrons. The first-order valence-electron chi connectivity index (χ1n) is 4.98. The Hall–Kier alpha value is -1.93. The summed E-state index contributed by atoms with van der Waals surface area (Å²) >= 11 is 0. The Bertz CT molecular complexity index is 535. The third-order valence-electron chi connectivity index (χ3n) is 2.09. The van der Waals surface area contributed by atoms with Crippen molar-refractivity contribution in [2.75, 3.05) is 6.61 Å². The zero-order valence-electron chi connectivity index (χ0n) is 9.48. The number of H-pyrrole nitrogens is 1. The van der Waals surface area contributed by atoms with Crippen molar-refractivity contribution in [3.8, 4) is 0 Å². The van der Waals surface area contributed by atoms with E-state index >= 15 is 0 Å². The van der Waals surface area contributed by atoms with Crippen molar-refractivity contribution in [2.24, 2.45) is 0 Å². The van der Waals surface area contributed by atoms with Crippen molar-refractivity contribution in [3.63, 3.8) is 0 Å². The second-order valence-electron chi connectivity index (χ2n) is 3.36. The van der Waals surface area contributed by atoms with E-state index in [1.165, 1.54) is 6.92 Å². The third kappa shape index (κ3) is 3.30. The lowest BCUT2D eigenvalue weighted by Crippen LogP contribution is -2.25. The molecule has 0 spiro atoms. The van der Waals surface area contributed by atoms with Crippen molar-refractivity contribution >= 4 is 5.97 Å². The number of aromatic amines is 1. The smallest absolute Gasteiger partial charge is 0.417 e. The Morgan fingerprint density at radius 3 is 2.42 bits per heavy atom. The van der Waals surface area contributed by atoms with Crippen molar-refractivity contribution < 1.29 is 31.5 Å². The lowest BCUT2D eigenvalue weighted by Gasteiger charge is -2.12. The van der Waals surface area contributed by atoms with E-state index in [2.05, 4.69) is 4.74 Å². The molecule has 0 saturated heterocycles. The Morgan fingerprint density at radius 2 is 2.00 bits per heavy atom. The van der Waals surface area contributed by atoms with Gasteiger partial charge in [-0.2, -0.15) is 13.2 Å². The molecule has 0 amide bonds. The van der Waals surface area contributed by atoms with Crippen LogP contribution >= 0.6 is 0 Å². The number of alkyl halides is 5. The van der Waals surface area contributed by atoms with Gasteiger partial charge in [0.25, 0.3) is 12.0 Å². The summed E-state index contributed by atoms with van der Waals surface area (Å²) in [7, 11) is 0. The van der Waals surface area contributed by atoms with E-state index < -0.39 is 41.0 Å². The van der Waals surface area contributed by atoms with Crippen molar-refractivity contribution in [1.29, 1.82) is 0 Å². The maximum Gasteiger partial charge on any atom is 0.417 e. The van der Waals surface area contributed by atoms with Crippen LogP contribution in [0.3, 0.4) is 0 Å². The molecule has 1 aromatic rings. The molecule has 1 rings (SSSR count). The highest BCUT2D eigenvalue weighted by Gasteiger charge is 2.38. The third-order valence-corrected chi connectivity index (χ3v) is 2.09. The number of hydrogen-bond acceptors (Lipinski definition) is 3. The van der Waals surface area contributed by atoms with Crippen molar-refractivity contribution in [3.05, 3.63) is 33.2 Å². The summed E-state index contributed by atoms with van der Waals surface area (Å²) in [5, 5.41) is 0. The second kappa shape index (κ2) is 5.37. The summed E-state index contributed by atoms with van der Waals surface area (Å²) in [5.74, 6) is -1.23. The maximum atomic E-state index is 12.6. The maximum absolute atomic E-state index is 12.6. The average molecular weight is 285 g/mol. The van der Waals surface area contributed by atoms with Crippen LogP contribution in [0.15, 0.2) is 10.9 Å². The minimum atomic E-state index is -5.18. The molecule has 0 atom stereocenters. The van der Waals surface area contributed by atoms with Crippen LogP contribution in [0.25, 0.3) is 0 Å².